The van der Waals surface area contributed by atoms with Crippen molar-refractivity contribution in [1.82, 2.24) is 25.5 Å². The van der Waals surface area contributed by atoms with Gasteiger partial charge in [-0.15, -0.1) is 10.2 Å². The normalized spacial score (nSPS) is 14.2. The molecule has 0 radical (unpaired) electrons. The maximum absolute atomic E-state index is 12.7. The van der Waals surface area contributed by atoms with Crippen molar-refractivity contribution in [2.24, 2.45) is 5.92 Å². The highest BCUT2D eigenvalue weighted by atomic mass is 16.5. The third kappa shape index (κ3) is 5.87. The van der Waals surface area contributed by atoms with Crippen LogP contribution in [-0.4, -0.2) is 55.5 Å². The van der Waals surface area contributed by atoms with Gasteiger partial charge in [0.15, 0.2) is 0 Å². The number of H-pyrrole nitrogens is 1. The van der Waals surface area contributed by atoms with E-state index in [1.54, 1.807) is 6.92 Å². The van der Waals surface area contributed by atoms with Gasteiger partial charge >= 0.3 is 5.97 Å². The van der Waals surface area contributed by atoms with Crippen LogP contribution in [0.4, 0.5) is 0 Å². The predicted molar refractivity (Wildman–Crippen MR) is 131 cm³/mol. The van der Waals surface area contributed by atoms with E-state index in [1.165, 1.54) is 7.11 Å². The summed E-state index contributed by atoms with van der Waals surface area (Å²) in [7, 11) is 1.40. The molecular formula is C26H35N5O3. The molecule has 3 aromatic rings. The fourth-order valence-corrected chi connectivity index (χ4v) is 4.30. The van der Waals surface area contributed by atoms with Crippen molar-refractivity contribution in [2.75, 3.05) is 7.11 Å². The maximum Gasteiger partial charge on any atom is 0.323 e. The molecule has 3 rings (SSSR count). The Bertz CT molecular complexity index is 1050. The lowest BCUT2D eigenvalue weighted by Crippen LogP contribution is -2.56. The van der Waals surface area contributed by atoms with E-state index in [-0.39, 0.29) is 11.9 Å². The molecule has 8 heteroatoms. The topological polar surface area (TPSA) is 104 Å². The van der Waals surface area contributed by atoms with Crippen LogP contribution < -0.4 is 0 Å². The summed E-state index contributed by atoms with van der Waals surface area (Å²) >= 11 is 0. The summed E-state index contributed by atoms with van der Waals surface area (Å²) in [5.74, 6) is 0.176. The number of nitrogens with zero attached hydrogens (tertiary/aromatic N) is 4. The van der Waals surface area contributed by atoms with Crippen molar-refractivity contribution < 1.29 is 14.6 Å². The Balaban J connectivity index is 1.92. The summed E-state index contributed by atoms with van der Waals surface area (Å²) in [6.07, 6.45) is 2.39. The number of methoxy groups -OCH3 is 1. The van der Waals surface area contributed by atoms with Crippen molar-refractivity contribution in [1.29, 1.82) is 0 Å². The number of nitrogens with one attached hydrogen (secondary N) is 1. The minimum Gasteiger partial charge on any atom is -0.468 e. The average Bonchev–Trinajstić information content (AvgIpc) is 3.37. The number of hydrogen-bond acceptors (Lipinski definition) is 7. The number of benzene rings is 2. The number of tetrazole rings is 1. The first kappa shape index (κ1) is 25.5. The van der Waals surface area contributed by atoms with E-state index >= 15 is 0 Å². The second kappa shape index (κ2) is 11.4. The number of unbranched alkanes of at least 4 members (excludes halogenated alkanes) is 1. The summed E-state index contributed by atoms with van der Waals surface area (Å²) in [5, 5.41) is 25.8. The molecule has 0 spiro atoms. The molecule has 2 atom stereocenters. The van der Waals surface area contributed by atoms with Crippen molar-refractivity contribution >= 4 is 5.97 Å². The van der Waals surface area contributed by atoms with Crippen molar-refractivity contribution in [3.05, 3.63) is 54.1 Å². The molecule has 182 valence electrons. The van der Waals surface area contributed by atoms with Gasteiger partial charge in [0, 0.05) is 12.1 Å². The monoisotopic (exact) mass is 465 g/mol. The molecule has 0 saturated carbocycles. The van der Waals surface area contributed by atoms with Crippen LogP contribution in [0.2, 0.25) is 0 Å². The van der Waals surface area contributed by atoms with E-state index in [1.807, 2.05) is 67.3 Å². The molecule has 0 amide bonds. The fraction of sp³-hybridized carbons (Fsp3) is 0.462. The molecule has 34 heavy (non-hydrogen) atoms. The van der Waals surface area contributed by atoms with Gasteiger partial charge in [0.1, 0.15) is 11.8 Å². The lowest BCUT2D eigenvalue weighted by molar-refractivity contribution is -0.172. The quantitative estimate of drug-likeness (QED) is 0.319. The molecule has 2 unspecified atom stereocenters. The second-order valence-corrected chi connectivity index (χ2v) is 9.14. The van der Waals surface area contributed by atoms with Crippen LogP contribution in [0.15, 0.2) is 48.5 Å². The number of aromatic amines is 1. The number of ether oxygens (including phenoxy) is 1. The molecule has 2 aromatic carbocycles. The Morgan fingerprint density at radius 1 is 1.15 bits per heavy atom. The van der Waals surface area contributed by atoms with Crippen molar-refractivity contribution in [2.45, 2.75) is 65.3 Å². The Morgan fingerprint density at radius 2 is 1.82 bits per heavy atom. The molecule has 0 fully saturated rings. The molecule has 0 aliphatic carbocycles. The zero-order chi connectivity index (χ0) is 24.7. The van der Waals surface area contributed by atoms with Crippen LogP contribution in [0.1, 0.15) is 52.5 Å². The van der Waals surface area contributed by atoms with Crippen LogP contribution in [0.3, 0.4) is 0 Å². The Kier molecular flexibility index (Phi) is 8.52. The summed E-state index contributed by atoms with van der Waals surface area (Å²) in [6.45, 7) is 8.24. The Hall–Kier alpha value is -3.10. The third-order valence-corrected chi connectivity index (χ3v) is 6.16. The summed E-state index contributed by atoms with van der Waals surface area (Å²) in [5.41, 5.74) is 2.74. The van der Waals surface area contributed by atoms with Gasteiger partial charge in [-0.05, 0) is 47.6 Å². The van der Waals surface area contributed by atoms with E-state index < -0.39 is 11.8 Å². The van der Waals surface area contributed by atoms with Gasteiger partial charge in [0.2, 0.25) is 5.82 Å². The van der Waals surface area contributed by atoms with Gasteiger partial charge < -0.3 is 9.84 Å². The van der Waals surface area contributed by atoms with E-state index in [0.717, 1.165) is 35.1 Å². The Morgan fingerprint density at radius 3 is 2.38 bits per heavy atom. The highest BCUT2D eigenvalue weighted by Crippen LogP contribution is 2.32. The number of esters is 1. The molecule has 0 aliphatic rings. The lowest BCUT2D eigenvalue weighted by Gasteiger charge is -2.43. The molecule has 8 nitrogen and oxygen atoms in total. The molecule has 1 aromatic heterocycles. The van der Waals surface area contributed by atoms with E-state index in [9.17, 15) is 9.90 Å². The first-order chi connectivity index (χ1) is 16.3. The van der Waals surface area contributed by atoms with Gasteiger partial charge in [-0.3, -0.25) is 9.69 Å². The minimum atomic E-state index is -1.15. The van der Waals surface area contributed by atoms with Gasteiger partial charge in [-0.2, -0.15) is 5.21 Å². The van der Waals surface area contributed by atoms with Crippen LogP contribution in [0.25, 0.3) is 22.5 Å². The smallest absolute Gasteiger partial charge is 0.323 e. The summed E-state index contributed by atoms with van der Waals surface area (Å²) in [4.78, 5) is 14.6. The van der Waals surface area contributed by atoms with Crippen LogP contribution in [0.5, 0.6) is 0 Å². The molecule has 0 bridgehead atoms. The number of carbonyl (C=O) groups is 1. The number of hydrogen-bond donors (Lipinski definition) is 2. The molecule has 1 heterocycles. The van der Waals surface area contributed by atoms with E-state index in [2.05, 4.69) is 27.5 Å². The number of rotatable bonds is 11. The van der Waals surface area contributed by atoms with Gasteiger partial charge in [0.25, 0.3) is 0 Å². The van der Waals surface area contributed by atoms with Gasteiger partial charge in [-0.1, -0.05) is 75.7 Å². The fourth-order valence-electron chi connectivity index (χ4n) is 4.30. The SMILES string of the molecule is CCCCC(C)(O)N(Cc1ccc(-c2ccccc2-c2nn[nH]n2)cc1)C(C(=O)OC)C(C)C. The molecule has 0 aliphatic heterocycles. The Labute approximate surface area is 201 Å². The molecule has 0 saturated heterocycles. The lowest BCUT2D eigenvalue weighted by atomic mass is 9.95. The summed E-state index contributed by atoms with van der Waals surface area (Å²) in [6, 6.07) is 15.5. The van der Waals surface area contributed by atoms with Crippen LogP contribution in [0, 0.1) is 5.92 Å². The largest absolute Gasteiger partial charge is 0.468 e. The molecule has 2 N–H and O–H groups in total. The first-order valence-electron chi connectivity index (χ1n) is 11.8. The van der Waals surface area contributed by atoms with Crippen molar-refractivity contribution in [3.63, 3.8) is 0 Å². The molecular weight excluding hydrogens is 430 g/mol. The second-order valence-electron chi connectivity index (χ2n) is 9.14. The minimum absolute atomic E-state index is 0.0262. The van der Waals surface area contributed by atoms with E-state index in [4.69, 9.17) is 4.74 Å². The highest BCUT2D eigenvalue weighted by molar-refractivity contribution is 5.80. The number of aliphatic hydroxyl groups is 1. The predicted octanol–water partition coefficient (Wildman–Crippen LogP) is 4.43. The standard InChI is InChI=1S/C26H35N5O3/c1-6-7-16-26(4,33)31(23(18(2)3)25(32)34-5)17-19-12-14-20(15-13-19)21-10-8-9-11-22(21)24-27-29-30-28-24/h8-15,18,23,33H,6-7,16-17H2,1-5H3,(H,27,28,29,30). The highest BCUT2D eigenvalue weighted by Gasteiger charge is 2.40. The summed E-state index contributed by atoms with van der Waals surface area (Å²) < 4.78 is 5.11. The zero-order valence-electron chi connectivity index (χ0n) is 20.7. The van der Waals surface area contributed by atoms with Crippen molar-refractivity contribution in [3.8, 4) is 22.5 Å². The van der Waals surface area contributed by atoms with Gasteiger partial charge in [-0.25, -0.2) is 0 Å². The van der Waals surface area contributed by atoms with Gasteiger partial charge in [0.05, 0.1) is 7.11 Å². The van der Waals surface area contributed by atoms with Crippen LogP contribution >= 0.6 is 0 Å². The van der Waals surface area contributed by atoms with E-state index in [0.29, 0.717) is 18.8 Å². The first-order valence-corrected chi connectivity index (χ1v) is 11.8. The average molecular weight is 466 g/mol. The maximum atomic E-state index is 12.7. The number of carbonyl (C=O) groups excluding carboxylic acids is 1. The third-order valence-electron chi connectivity index (χ3n) is 6.16. The van der Waals surface area contributed by atoms with Crippen LogP contribution in [-0.2, 0) is 16.1 Å². The zero-order valence-corrected chi connectivity index (χ0v) is 20.7. The number of aromatic nitrogens is 4.